The largest absolute Gasteiger partial charge is 0.496 e. The standard InChI is InChI=1S/C30H25F4N3O5/c1-28(27(35)39)15-42-25-21(28)13-23(37-24(25)16-7-9-19(31)10-8-16)29(40,30(32,33)34)14-36-26(38)18-11-17-5-3-4-6-20(17)22(12-18)41-2/h3-13,40H,14-15H2,1-2H3,(H2,35,39)(H,36,38)/t28-,29?/m0/s1. The number of aliphatic hydroxyl groups is 1. The van der Waals surface area contributed by atoms with Crippen LogP contribution in [-0.2, 0) is 15.8 Å². The molecule has 0 saturated heterocycles. The Balaban J connectivity index is 1.59. The zero-order valence-corrected chi connectivity index (χ0v) is 22.4. The molecule has 218 valence electrons. The summed E-state index contributed by atoms with van der Waals surface area (Å²) in [5, 5.41) is 14.7. The second-order valence-electron chi connectivity index (χ2n) is 10.2. The Morgan fingerprint density at radius 2 is 1.81 bits per heavy atom. The lowest BCUT2D eigenvalue weighted by Crippen LogP contribution is -2.51. The quantitative estimate of drug-likeness (QED) is 0.278. The fraction of sp³-hybridized carbons (Fsp3) is 0.233. The average Bonchev–Trinajstić information content (AvgIpc) is 3.32. The normalized spacial score (nSPS) is 17.7. The minimum atomic E-state index is -5.34. The highest BCUT2D eigenvalue weighted by Gasteiger charge is 2.57. The SMILES string of the molecule is COc1cc(C(=O)NCC(O)(c2cc3c(c(-c4ccc(F)cc4)n2)OC[C@]3(C)C(N)=O)C(F)(F)F)cc2ccccc12. The molecule has 0 saturated carbocycles. The number of halogens is 4. The molecule has 1 aromatic heterocycles. The van der Waals surface area contributed by atoms with Gasteiger partial charge in [0.25, 0.3) is 5.91 Å². The predicted octanol–water partition coefficient (Wildman–Crippen LogP) is 4.36. The van der Waals surface area contributed by atoms with Gasteiger partial charge < -0.3 is 25.6 Å². The molecule has 0 aliphatic carbocycles. The van der Waals surface area contributed by atoms with E-state index >= 15 is 0 Å². The minimum Gasteiger partial charge on any atom is -0.496 e. The Kier molecular flexibility index (Phi) is 7.05. The van der Waals surface area contributed by atoms with Crippen molar-refractivity contribution in [3.05, 3.63) is 89.4 Å². The number of fused-ring (bicyclic) bond motifs is 2. The topological polar surface area (TPSA) is 124 Å². The van der Waals surface area contributed by atoms with E-state index < -0.39 is 47.1 Å². The summed E-state index contributed by atoms with van der Waals surface area (Å²) in [6.45, 7) is -0.226. The third-order valence-electron chi connectivity index (χ3n) is 7.44. The molecule has 1 unspecified atom stereocenters. The summed E-state index contributed by atoms with van der Waals surface area (Å²) >= 11 is 0. The molecule has 0 fully saturated rings. The van der Waals surface area contributed by atoms with E-state index in [4.69, 9.17) is 15.2 Å². The predicted molar refractivity (Wildman–Crippen MR) is 144 cm³/mol. The van der Waals surface area contributed by atoms with Gasteiger partial charge >= 0.3 is 6.18 Å². The third-order valence-corrected chi connectivity index (χ3v) is 7.44. The van der Waals surface area contributed by atoms with Crippen molar-refractivity contribution >= 4 is 22.6 Å². The summed E-state index contributed by atoms with van der Waals surface area (Å²) in [4.78, 5) is 29.5. The van der Waals surface area contributed by atoms with Crippen LogP contribution in [0.1, 0.15) is 28.5 Å². The number of rotatable bonds is 7. The highest BCUT2D eigenvalue weighted by molar-refractivity contribution is 6.01. The van der Waals surface area contributed by atoms with Crippen molar-refractivity contribution in [1.82, 2.24) is 10.3 Å². The number of nitrogens with zero attached hydrogens (tertiary/aromatic N) is 1. The zero-order valence-electron chi connectivity index (χ0n) is 22.4. The first-order valence-corrected chi connectivity index (χ1v) is 12.7. The molecule has 0 radical (unpaired) electrons. The summed E-state index contributed by atoms with van der Waals surface area (Å²) in [5.74, 6) is -2.08. The average molecular weight is 584 g/mol. The number of hydrogen-bond donors (Lipinski definition) is 3. The van der Waals surface area contributed by atoms with Crippen molar-refractivity contribution in [3.63, 3.8) is 0 Å². The van der Waals surface area contributed by atoms with Crippen LogP contribution in [0.4, 0.5) is 17.6 Å². The van der Waals surface area contributed by atoms with Gasteiger partial charge in [0.05, 0.1) is 19.3 Å². The Bertz CT molecular complexity index is 1710. The minimum absolute atomic E-state index is 0.00121. The van der Waals surface area contributed by atoms with Crippen LogP contribution in [0.2, 0.25) is 0 Å². The highest BCUT2D eigenvalue weighted by atomic mass is 19.4. The molecule has 8 nitrogen and oxygen atoms in total. The first kappa shape index (κ1) is 28.8. The third kappa shape index (κ3) is 4.77. The van der Waals surface area contributed by atoms with Gasteiger partial charge in [0.2, 0.25) is 11.5 Å². The number of pyridine rings is 1. The first-order valence-electron chi connectivity index (χ1n) is 12.7. The summed E-state index contributed by atoms with van der Waals surface area (Å²) in [7, 11) is 1.40. The zero-order chi connectivity index (χ0) is 30.4. The van der Waals surface area contributed by atoms with Crippen molar-refractivity contribution < 1.29 is 41.7 Å². The van der Waals surface area contributed by atoms with Crippen LogP contribution in [0, 0.1) is 5.82 Å². The number of carbonyl (C=O) groups is 2. The van der Waals surface area contributed by atoms with Crippen molar-refractivity contribution in [3.8, 4) is 22.8 Å². The van der Waals surface area contributed by atoms with E-state index in [0.717, 1.165) is 18.2 Å². The number of aromatic nitrogens is 1. The van der Waals surface area contributed by atoms with Crippen molar-refractivity contribution in [2.24, 2.45) is 5.73 Å². The monoisotopic (exact) mass is 583 g/mol. The molecule has 2 atom stereocenters. The van der Waals surface area contributed by atoms with E-state index in [0.29, 0.717) is 16.5 Å². The van der Waals surface area contributed by atoms with Crippen LogP contribution in [0.25, 0.3) is 22.0 Å². The molecule has 3 aromatic carbocycles. The first-order chi connectivity index (χ1) is 19.8. The smallest absolute Gasteiger partial charge is 0.424 e. The molecule has 42 heavy (non-hydrogen) atoms. The number of benzene rings is 3. The molecule has 12 heteroatoms. The maximum atomic E-state index is 14.6. The summed E-state index contributed by atoms with van der Waals surface area (Å²) in [5.41, 5.74) is -0.634. The Morgan fingerprint density at radius 3 is 2.45 bits per heavy atom. The van der Waals surface area contributed by atoms with Gasteiger partial charge in [0.1, 0.15) is 35.0 Å². The van der Waals surface area contributed by atoms with Crippen LogP contribution in [0.15, 0.2) is 66.7 Å². The van der Waals surface area contributed by atoms with Crippen molar-refractivity contribution in [2.45, 2.75) is 24.1 Å². The lowest BCUT2D eigenvalue weighted by Gasteiger charge is -2.31. The molecule has 1 aliphatic heterocycles. The summed E-state index contributed by atoms with van der Waals surface area (Å²) in [6, 6.07) is 15.4. The van der Waals surface area contributed by atoms with Crippen molar-refractivity contribution in [2.75, 3.05) is 20.3 Å². The summed E-state index contributed by atoms with van der Waals surface area (Å²) in [6.07, 6.45) is -5.34. The van der Waals surface area contributed by atoms with E-state index in [1.807, 2.05) is 0 Å². The fourth-order valence-electron chi connectivity index (χ4n) is 4.82. The van der Waals surface area contributed by atoms with Gasteiger partial charge in [-0.1, -0.05) is 24.3 Å². The van der Waals surface area contributed by atoms with Crippen LogP contribution in [0.3, 0.4) is 0 Å². The van der Waals surface area contributed by atoms with Crippen LogP contribution in [0.5, 0.6) is 11.5 Å². The van der Waals surface area contributed by atoms with E-state index in [-0.39, 0.29) is 34.7 Å². The van der Waals surface area contributed by atoms with Gasteiger partial charge in [-0.15, -0.1) is 0 Å². The van der Waals surface area contributed by atoms with Gasteiger partial charge in [0.15, 0.2) is 0 Å². The number of primary amides is 1. The maximum Gasteiger partial charge on any atom is 0.424 e. The second kappa shape index (κ2) is 10.3. The van der Waals surface area contributed by atoms with Gasteiger partial charge in [0, 0.05) is 22.1 Å². The molecular weight excluding hydrogens is 558 g/mol. The van der Waals surface area contributed by atoms with E-state index in [2.05, 4.69) is 10.3 Å². The molecule has 0 spiro atoms. The number of methoxy groups -OCH3 is 1. The number of hydrogen-bond acceptors (Lipinski definition) is 6. The summed E-state index contributed by atoms with van der Waals surface area (Å²) < 4.78 is 68.5. The van der Waals surface area contributed by atoms with E-state index in [1.54, 1.807) is 24.3 Å². The second-order valence-corrected chi connectivity index (χ2v) is 10.2. The van der Waals surface area contributed by atoms with E-state index in [9.17, 15) is 32.3 Å². The molecular formula is C30H25F4N3O5. The molecule has 0 bridgehead atoms. The van der Waals surface area contributed by atoms with Crippen LogP contribution < -0.4 is 20.5 Å². The number of amides is 2. The van der Waals surface area contributed by atoms with Crippen molar-refractivity contribution in [1.29, 1.82) is 0 Å². The Morgan fingerprint density at radius 1 is 1.12 bits per heavy atom. The Labute approximate surface area is 237 Å². The highest BCUT2D eigenvalue weighted by Crippen LogP contribution is 2.47. The molecule has 2 heterocycles. The van der Waals surface area contributed by atoms with Crippen LogP contribution in [-0.4, -0.2) is 48.3 Å². The maximum absolute atomic E-state index is 14.6. The van der Waals surface area contributed by atoms with Gasteiger partial charge in [-0.25, -0.2) is 9.37 Å². The molecule has 4 N–H and O–H groups in total. The Hall–Kier alpha value is -4.71. The fourth-order valence-corrected chi connectivity index (χ4v) is 4.82. The lowest BCUT2D eigenvalue weighted by atomic mass is 9.81. The van der Waals surface area contributed by atoms with Gasteiger partial charge in [-0.3, -0.25) is 9.59 Å². The lowest BCUT2D eigenvalue weighted by molar-refractivity contribution is -0.265. The number of carbonyl (C=O) groups excluding carboxylic acids is 2. The molecule has 2 amide bonds. The molecule has 1 aliphatic rings. The molecule has 5 rings (SSSR count). The van der Waals surface area contributed by atoms with Crippen LogP contribution >= 0.6 is 0 Å². The van der Waals surface area contributed by atoms with E-state index in [1.165, 1.54) is 38.3 Å². The van der Waals surface area contributed by atoms with Gasteiger partial charge in [-0.2, -0.15) is 13.2 Å². The number of ether oxygens (including phenoxy) is 2. The number of nitrogens with one attached hydrogen (secondary N) is 1. The number of nitrogens with two attached hydrogens (primary N) is 1. The molecule has 4 aromatic rings. The van der Waals surface area contributed by atoms with Gasteiger partial charge in [-0.05, 0) is 54.8 Å². The number of alkyl halides is 3.